The van der Waals surface area contributed by atoms with E-state index in [4.69, 9.17) is 11.6 Å². The summed E-state index contributed by atoms with van der Waals surface area (Å²) < 4.78 is 0. The van der Waals surface area contributed by atoms with Crippen molar-refractivity contribution in [1.29, 1.82) is 0 Å². The molecule has 1 fully saturated rings. The van der Waals surface area contributed by atoms with Crippen LogP contribution >= 0.6 is 11.6 Å². The summed E-state index contributed by atoms with van der Waals surface area (Å²) in [5.74, 6) is -0.378. The van der Waals surface area contributed by atoms with Gasteiger partial charge in [-0.05, 0) is 42.5 Å². The van der Waals surface area contributed by atoms with Crippen LogP contribution < -0.4 is 10.2 Å². The van der Waals surface area contributed by atoms with Crippen LogP contribution in [0.1, 0.15) is 20.7 Å². The SMILES string of the molecule is O=C(Nc1ccccc1C(=O)N1CCN(c2ccccc2)CC1)c1cccc(Cl)c1. The maximum Gasteiger partial charge on any atom is 0.256 e. The first-order valence-electron chi connectivity index (χ1n) is 9.87. The Bertz CT molecular complexity index is 1050. The fourth-order valence-electron chi connectivity index (χ4n) is 3.58. The van der Waals surface area contributed by atoms with Crippen molar-refractivity contribution >= 4 is 34.8 Å². The van der Waals surface area contributed by atoms with Crippen LogP contribution in [-0.2, 0) is 0 Å². The number of nitrogens with zero attached hydrogens (tertiary/aromatic N) is 2. The molecular weight excluding hydrogens is 398 g/mol. The van der Waals surface area contributed by atoms with Crippen molar-refractivity contribution in [2.24, 2.45) is 0 Å². The van der Waals surface area contributed by atoms with Gasteiger partial charge in [-0.3, -0.25) is 9.59 Å². The molecular formula is C24H22ClN3O2. The Hall–Kier alpha value is -3.31. The Morgan fingerprint density at radius 3 is 2.23 bits per heavy atom. The van der Waals surface area contributed by atoms with Crippen LogP contribution in [-0.4, -0.2) is 42.9 Å². The number of amides is 2. The van der Waals surface area contributed by atoms with Crippen molar-refractivity contribution < 1.29 is 9.59 Å². The average Bonchev–Trinajstić information content (AvgIpc) is 2.80. The maximum atomic E-state index is 13.2. The summed E-state index contributed by atoms with van der Waals surface area (Å²) in [5, 5.41) is 3.34. The lowest BCUT2D eigenvalue weighted by atomic mass is 10.1. The van der Waals surface area contributed by atoms with E-state index in [0.29, 0.717) is 34.9 Å². The van der Waals surface area contributed by atoms with Crippen LogP contribution in [0.4, 0.5) is 11.4 Å². The predicted molar refractivity (Wildman–Crippen MR) is 120 cm³/mol. The number of nitrogens with one attached hydrogen (secondary N) is 1. The number of piperazine rings is 1. The van der Waals surface area contributed by atoms with Crippen molar-refractivity contribution in [3.05, 3.63) is 95.0 Å². The highest BCUT2D eigenvalue weighted by Gasteiger charge is 2.24. The van der Waals surface area contributed by atoms with Gasteiger partial charge in [-0.25, -0.2) is 0 Å². The molecule has 1 aliphatic rings. The van der Waals surface area contributed by atoms with Crippen molar-refractivity contribution in [2.75, 3.05) is 36.4 Å². The van der Waals surface area contributed by atoms with Crippen LogP contribution in [0, 0.1) is 0 Å². The second-order valence-electron chi connectivity index (χ2n) is 7.12. The second kappa shape index (κ2) is 9.01. The van der Waals surface area contributed by atoms with Gasteiger partial charge >= 0.3 is 0 Å². The zero-order valence-corrected chi connectivity index (χ0v) is 17.2. The van der Waals surface area contributed by atoms with Gasteiger partial charge < -0.3 is 15.1 Å². The Labute approximate surface area is 180 Å². The molecule has 5 nitrogen and oxygen atoms in total. The highest BCUT2D eigenvalue weighted by atomic mass is 35.5. The number of para-hydroxylation sites is 2. The first-order valence-corrected chi connectivity index (χ1v) is 10.2. The van der Waals surface area contributed by atoms with E-state index < -0.39 is 0 Å². The third kappa shape index (κ3) is 4.47. The van der Waals surface area contributed by atoms with E-state index in [1.54, 1.807) is 42.5 Å². The van der Waals surface area contributed by atoms with Crippen molar-refractivity contribution in [2.45, 2.75) is 0 Å². The minimum absolute atomic E-state index is 0.0790. The summed E-state index contributed by atoms with van der Waals surface area (Å²) in [7, 11) is 0. The zero-order chi connectivity index (χ0) is 20.9. The number of carbonyl (C=O) groups is 2. The first kappa shape index (κ1) is 20.0. The van der Waals surface area contributed by atoms with Crippen molar-refractivity contribution in [3.63, 3.8) is 0 Å². The molecule has 0 aliphatic carbocycles. The van der Waals surface area contributed by atoms with Crippen LogP contribution in [0.3, 0.4) is 0 Å². The van der Waals surface area contributed by atoms with Crippen molar-refractivity contribution in [3.8, 4) is 0 Å². The number of hydrogen-bond acceptors (Lipinski definition) is 3. The Balaban J connectivity index is 1.46. The highest BCUT2D eigenvalue weighted by Crippen LogP contribution is 2.21. The molecule has 3 aromatic carbocycles. The summed E-state index contributed by atoms with van der Waals surface area (Å²) in [5.41, 5.74) is 2.60. The number of anilines is 2. The van der Waals surface area contributed by atoms with E-state index in [1.165, 1.54) is 5.69 Å². The lowest BCUT2D eigenvalue weighted by Crippen LogP contribution is -2.48. The number of carbonyl (C=O) groups excluding carboxylic acids is 2. The third-order valence-electron chi connectivity index (χ3n) is 5.18. The van der Waals surface area contributed by atoms with Crippen LogP contribution in [0.25, 0.3) is 0 Å². The summed E-state index contributed by atoms with van der Waals surface area (Å²) in [6.45, 7) is 2.80. The number of benzene rings is 3. The van der Waals surface area contributed by atoms with Crippen LogP contribution in [0.5, 0.6) is 0 Å². The predicted octanol–water partition coefficient (Wildman–Crippen LogP) is 4.55. The van der Waals surface area contributed by atoms with Crippen LogP contribution in [0.15, 0.2) is 78.9 Å². The smallest absolute Gasteiger partial charge is 0.256 e. The molecule has 0 spiro atoms. The monoisotopic (exact) mass is 419 g/mol. The van der Waals surface area contributed by atoms with Gasteiger partial charge in [0.15, 0.2) is 0 Å². The molecule has 2 amide bonds. The topological polar surface area (TPSA) is 52.7 Å². The average molecular weight is 420 g/mol. The van der Waals surface area contributed by atoms with Gasteiger partial charge in [-0.15, -0.1) is 0 Å². The molecule has 0 atom stereocenters. The summed E-state index contributed by atoms with van der Waals surface area (Å²) in [4.78, 5) is 29.9. The minimum atomic E-state index is -0.299. The van der Waals surface area contributed by atoms with E-state index in [9.17, 15) is 9.59 Å². The van der Waals surface area contributed by atoms with Gasteiger partial charge in [-0.1, -0.05) is 48.0 Å². The molecule has 0 aromatic heterocycles. The van der Waals surface area contributed by atoms with Gasteiger partial charge in [0.05, 0.1) is 11.3 Å². The molecule has 3 aromatic rings. The van der Waals surface area contributed by atoms with Gasteiger partial charge in [0.25, 0.3) is 11.8 Å². The normalized spacial score (nSPS) is 13.8. The van der Waals surface area contributed by atoms with Gasteiger partial charge in [-0.2, -0.15) is 0 Å². The number of halogens is 1. The fourth-order valence-corrected chi connectivity index (χ4v) is 3.77. The molecule has 1 N–H and O–H groups in total. The Morgan fingerprint density at radius 1 is 0.800 bits per heavy atom. The summed E-state index contributed by atoms with van der Waals surface area (Å²) >= 11 is 5.99. The van der Waals surface area contributed by atoms with Gasteiger partial charge in [0.1, 0.15) is 0 Å². The van der Waals surface area contributed by atoms with E-state index in [1.807, 2.05) is 29.2 Å². The summed E-state index contributed by atoms with van der Waals surface area (Å²) in [6, 6.07) is 24.0. The Kier molecular flexibility index (Phi) is 6.00. The maximum absolute atomic E-state index is 13.2. The zero-order valence-electron chi connectivity index (χ0n) is 16.4. The van der Waals surface area contributed by atoms with E-state index >= 15 is 0 Å². The van der Waals surface area contributed by atoms with Crippen LogP contribution in [0.2, 0.25) is 5.02 Å². The van der Waals surface area contributed by atoms with Gasteiger partial charge in [0, 0.05) is 42.5 Å². The molecule has 1 aliphatic heterocycles. The van der Waals surface area contributed by atoms with Gasteiger partial charge in [0.2, 0.25) is 0 Å². The quantitative estimate of drug-likeness (QED) is 0.674. The molecule has 152 valence electrons. The number of rotatable bonds is 4. The molecule has 1 saturated heterocycles. The highest BCUT2D eigenvalue weighted by molar-refractivity contribution is 6.31. The lowest BCUT2D eigenvalue weighted by molar-refractivity contribution is 0.0748. The molecule has 1 heterocycles. The fraction of sp³-hybridized carbons (Fsp3) is 0.167. The minimum Gasteiger partial charge on any atom is -0.368 e. The molecule has 0 bridgehead atoms. The molecule has 4 rings (SSSR count). The molecule has 0 saturated carbocycles. The molecule has 30 heavy (non-hydrogen) atoms. The largest absolute Gasteiger partial charge is 0.368 e. The summed E-state index contributed by atoms with van der Waals surface area (Å²) in [6.07, 6.45) is 0. The van der Waals surface area contributed by atoms with E-state index in [0.717, 1.165) is 13.1 Å². The first-order chi connectivity index (χ1) is 14.6. The van der Waals surface area contributed by atoms with Crippen molar-refractivity contribution in [1.82, 2.24) is 4.90 Å². The number of hydrogen-bond donors (Lipinski definition) is 1. The molecule has 0 unspecified atom stereocenters. The molecule has 0 radical (unpaired) electrons. The molecule has 6 heteroatoms. The van der Waals surface area contributed by atoms with E-state index in [2.05, 4.69) is 22.3 Å². The van der Waals surface area contributed by atoms with E-state index in [-0.39, 0.29) is 11.8 Å². The second-order valence-corrected chi connectivity index (χ2v) is 7.56. The lowest BCUT2D eigenvalue weighted by Gasteiger charge is -2.36. The third-order valence-corrected chi connectivity index (χ3v) is 5.42. The Morgan fingerprint density at radius 2 is 1.50 bits per heavy atom. The standard InChI is InChI=1S/C24H22ClN3O2/c25-19-8-6-7-18(17-19)23(29)26-22-12-5-4-11-21(22)24(30)28-15-13-27(14-16-28)20-9-2-1-3-10-20/h1-12,17H,13-16H2,(H,26,29).